The van der Waals surface area contributed by atoms with Crippen molar-refractivity contribution in [3.05, 3.63) is 58.9 Å². The Labute approximate surface area is 150 Å². The fourth-order valence-corrected chi connectivity index (χ4v) is 5.30. The van der Waals surface area contributed by atoms with Gasteiger partial charge in [0.2, 0.25) is 0 Å². The summed E-state index contributed by atoms with van der Waals surface area (Å²) in [7, 11) is 0. The average Bonchev–Trinajstić information content (AvgIpc) is 2.98. The predicted octanol–water partition coefficient (Wildman–Crippen LogP) is 3.90. The molecular formula is C22H27N3. The Kier molecular flexibility index (Phi) is 3.60. The molecule has 0 amide bonds. The summed E-state index contributed by atoms with van der Waals surface area (Å²) in [5.74, 6) is 0.860. The van der Waals surface area contributed by atoms with Gasteiger partial charge in [0.25, 0.3) is 0 Å². The molecule has 3 heteroatoms. The average molecular weight is 333 g/mol. The van der Waals surface area contributed by atoms with Crippen LogP contribution in [0.25, 0.3) is 0 Å². The summed E-state index contributed by atoms with van der Waals surface area (Å²) in [6, 6.07) is 12.8. The van der Waals surface area contributed by atoms with Crippen molar-refractivity contribution in [2.45, 2.75) is 45.2 Å². The van der Waals surface area contributed by atoms with Gasteiger partial charge >= 0.3 is 0 Å². The van der Waals surface area contributed by atoms with Crippen LogP contribution in [0.3, 0.4) is 0 Å². The van der Waals surface area contributed by atoms with Crippen molar-refractivity contribution in [2.24, 2.45) is 5.92 Å². The molecule has 130 valence electrons. The molecule has 25 heavy (non-hydrogen) atoms. The van der Waals surface area contributed by atoms with E-state index in [-0.39, 0.29) is 0 Å². The number of pyridine rings is 1. The largest absolute Gasteiger partial charge is 0.366 e. The van der Waals surface area contributed by atoms with E-state index in [0.717, 1.165) is 24.6 Å². The summed E-state index contributed by atoms with van der Waals surface area (Å²) in [6.45, 7) is 7.96. The molecule has 1 aromatic carbocycles. The van der Waals surface area contributed by atoms with Gasteiger partial charge in [-0.2, -0.15) is 0 Å². The van der Waals surface area contributed by atoms with Crippen LogP contribution in [0.5, 0.6) is 0 Å². The van der Waals surface area contributed by atoms with E-state index in [4.69, 9.17) is 0 Å². The highest BCUT2D eigenvalue weighted by Gasteiger charge is 2.50. The third-order valence-corrected chi connectivity index (χ3v) is 6.56. The van der Waals surface area contributed by atoms with Crippen molar-refractivity contribution in [3.8, 4) is 0 Å². The maximum absolute atomic E-state index is 4.48. The van der Waals surface area contributed by atoms with E-state index in [1.165, 1.54) is 42.7 Å². The molecule has 1 aromatic heterocycles. The molecule has 3 saturated heterocycles. The third kappa shape index (κ3) is 2.48. The lowest BCUT2D eigenvalue weighted by molar-refractivity contribution is 0.0325. The van der Waals surface area contributed by atoms with Crippen molar-refractivity contribution >= 4 is 5.69 Å². The zero-order valence-electron chi connectivity index (χ0n) is 15.3. The smallest absolute Gasteiger partial charge is 0.0575 e. The van der Waals surface area contributed by atoms with Gasteiger partial charge in [-0.3, -0.25) is 9.88 Å². The molecule has 3 nitrogen and oxygen atoms in total. The van der Waals surface area contributed by atoms with Crippen LogP contribution in [0.15, 0.2) is 36.5 Å². The first-order chi connectivity index (χ1) is 12.2. The van der Waals surface area contributed by atoms with Crippen LogP contribution in [-0.2, 0) is 6.42 Å². The maximum atomic E-state index is 4.48. The molecule has 0 spiro atoms. The van der Waals surface area contributed by atoms with Crippen molar-refractivity contribution in [1.29, 1.82) is 0 Å². The minimum absolute atomic E-state index is 0.624. The molecule has 0 aliphatic carbocycles. The summed E-state index contributed by atoms with van der Waals surface area (Å²) in [6.07, 6.45) is 5.88. The molecule has 2 aromatic rings. The van der Waals surface area contributed by atoms with Gasteiger partial charge in [0.15, 0.2) is 0 Å². The Balaban J connectivity index is 1.47. The van der Waals surface area contributed by atoms with Gasteiger partial charge < -0.3 is 4.90 Å². The molecular weight excluding hydrogens is 306 g/mol. The van der Waals surface area contributed by atoms with E-state index in [2.05, 4.69) is 65.2 Å². The Morgan fingerprint density at radius 3 is 2.68 bits per heavy atom. The SMILES string of the molecule is Cc1ccc2c(c1)N(CCc1ccc(C)nc1)[C@@H]1C3CCN(CC3)[C@H]21. The predicted molar refractivity (Wildman–Crippen MR) is 102 cm³/mol. The quantitative estimate of drug-likeness (QED) is 0.849. The van der Waals surface area contributed by atoms with E-state index >= 15 is 0 Å². The van der Waals surface area contributed by atoms with E-state index in [1.54, 1.807) is 5.56 Å². The fourth-order valence-electron chi connectivity index (χ4n) is 5.30. The minimum Gasteiger partial charge on any atom is -0.366 e. The molecule has 0 unspecified atom stereocenters. The van der Waals surface area contributed by atoms with E-state index < -0.39 is 0 Å². The molecule has 3 fully saturated rings. The molecule has 5 heterocycles. The zero-order valence-corrected chi connectivity index (χ0v) is 15.3. The van der Waals surface area contributed by atoms with Gasteiger partial charge in [0.05, 0.1) is 12.1 Å². The van der Waals surface area contributed by atoms with E-state index in [9.17, 15) is 0 Å². The number of hydrogen-bond donors (Lipinski definition) is 0. The van der Waals surface area contributed by atoms with Gasteiger partial charge in [0, 0.05) is 24.1 Å². The molecule has 2 atom stereocenters. The standard InChI is InChI=1S/C22H27N3/c1-15-3-6-19-20(13-15)25(12-7-17-5-4-16(2)23-14-17)21-18-8-10-24(11-9-18)22(19)21/h3-6,13-14,18,21-22H,7-12H2,1-2H3/t21-,22-/m1/s1. The number of rotatable bonds is 3. The summed E-state index contributed by atoms with van der Waals surface area (Å²) >= 11 is 0. The van der Waals surface area contributed by atoms with Crippen LogP contribution >= 0.6 is 0 Å². The Bertz CT molecular complexity index is 774. The first-order valence-corrected chi connectivity index (χ1v) is 9.73. The monoisotopic (exact) mass is 333 g/mol. The van der Waals surface area contributed by atoms with Gasteiger partial charge in [-0.1, -0.05) is 18.2 Å². The number of nitrogens with zero attached hydrogens (tertiary/aromatic N) is 3. The van der Waals surface area contributed by atoms with Gasteiger partial charge in [-0.15, -0.1) is 0 Å². The van der Waals surface area contributed by atoms with Crippen LogP contribution in [0.2, 0.25) is 0 Å². The number of fused-ring (bicyclic) bond motifs is 3. The highest BCUT2D eigenvalue weighted by molar-refractivity contribution is 5.64. The Morgan fingerprint density at radius 2 is 1.92 bits per heavy atom. The van der Waals surface area contributed by atoms with Crippen molar-refractivity contribution in [1.82, 2.24) is 9.88 Å². The number of benzene rings is 1. The number of aryl methyl sites for hydroxylation is 2. The molecule has 2 bridgehead atoms. The minimum atomic E-state index is 0.624. The molecule has 0 radical (unpaired) electrons. The van der Waals surface area contributed by atoms with Gasteiger partial charge in [0.1, 0.15) is 0 Å². The highest BCUT2D eigenvalue weighted by Crippen LogP contribution is 2.52. The van der Waals surface area contributed by atoms with Crippen LogP contribution < -0.4 is 4.90 Å². The van der Waals surface area contributed by atoms with E-state index in [1.807, 2.05) is 0 Å². The summed E-state index contributed by atoms with van der Waals surface area (Å²) < 4.78 is 0. The summed E-state index contributed by atoms with van der Waals surface area (Å²) in [4.78, 5) is 9.96. The first kappa shape index (κ1) is 15.4. The van der Waals surface area contributed by atoms with Crippen LogP contribution in [0.4, 0.5) is 5.69 Å². The summed E-state index contributed by atoms with van der Waals surface area (Å²) in [5.41, 5.74) is 6.89. The number of anilines is 1. The van der Waals surface area contributed by atoms with Crippen molar-refractivity contribution < 1.29 is 0 Å². The Morgan fingerprint density at radius 1 is 1.08 bits per heavy atom. The zero-order chi connectivity index (χ0) is 17.0. The third-order valence-electron chi connectivity index (χ3n) is 6.56. The van der Waals surface area contributed by atoms with Crippen molar-refractivity contribution in [2.75, 3.05) is 24.5 Å². The van der Waals surface area contributed by atoms with Crippen molar-refractivity contribution in [3.63, 3.8) is 0 Å². The second kappa shape index (κ2) is 5.84. The molecule has 6 rings (SSSR count). The lowest BCUT2D eigenvalue weighted by Crippen LogP contribution is -2.56. The molecule has 4 aliphatic heterocycles. The van der Waals surface area contributed by atoms with Gasteiger partial charge in [-0.05, 0) is 80.9 Å². The highest BCUT2D eigenvalue weighted by atomic mass is 15.3. The van der Waals surface area contributed by atoms with E-state index in [0.29, 0.717) is 12.1 Å². The number of hydrogen-bond acceptors (Lipinski definition) is 3. The van der Waals surface area contributed by atoms with Crippen LogP contribution in [-0.4, -0.2) is 35.6 Å². The number of piperidine rings is 3. The molecule has 0 N–H and O–H groups in total. The van der Waals surface area contributed by atoms with Crippen LogP contribution in [0, 0.1) is 19.8 Å². The number of aromatic nitrogens is 1. The topological polar surface area (TPSA) is 19.4 Å². The normalized spacial score (nSPS) is 29.6. The second-order valence-electron chi connectivity index (χ2n) is 8.12. The fraction of sp³-hybridized carbons (Fsp3) is 0.500. The second-order valence-corrected chi connectivity index (χ2v) is 8.12. The maximum Gasteiger partial charge on any atom is 0.0575 e. The van der Waals surface area contributed by atoms with Crippen LogP contribution in [0.1, 0.15) is 41.3 Å². The lowest BCUT2D eigenvalue weighted by atomic mass is 9.78. The molecule has 0 saturated carbocycles. The summed E-state index contributed by atoms with van der Waals surface area (Å²) in [5, 5.41) is 0. The molecule has 4 aliphatic rings. The first-order valence-electron chi connectivity index (χ1n) is 9.73. The van der Waals surface area contributed by atoms with Gasteiger partial charge in [-0.25, -0.2) is 0 Å². The Hall–Kier alpha value is -1.87. The lowest BCUT2D eigenvalue weighted by Gasteiger charge is -2.50.